The summed E-state index contributed by atoms with van der Waals surface area (Å²) in [7, 11) is 0. The molecule has 5 unspecified atom stereocenters. The van der Waals surface area contributed by atoms with Crippen LogP contribution in [0.25, 0.3) is 0 Å². The molecule has 1 N–H and O–H groups in total. The Hall–Kier alpha value is -0.500. The average molecular weight is 247 g/mol. The number of hydrogen-bond acceptors (Lipinski definition) is 2. The number of likely N-dealkylation sites (N-methyl/N-ethyl adjacent to an activating group) is 1. The van der Waals surface area contributed by atoms with Gasteiger partial charge in [-0.25, -0.2) is 0 Å². The zero-order chi connectivity index (χ0) is 12.1. The molecular formula is C16H25NO. The maximum atomic E-state index is 5.95. The second kappa shape index (κ2) is 4.26. The number of nitrogens with one attached hydrogen (secondary N) is 1. The minimum Gasteiger partial charge on any atom is -0.497 e. The van der Waals surface area contributed by atoms with Gasteiger partial charge in [0.05, 0.1) is 12.6 Å². The van der Waals surface area contributed by atoms with Crippen molar-refractivity contribution in [1.82, 2.24) is 5.32 Å². The van der Waals surface area contributed by atoms with Crippen LogP contribution in [0.4, 0.5) is 0 Å². The van der Waals surface area contributed by atoms with E-state index in [1.54, 1.807) is 6.42 Å². The van der Waals surface area contributed by atoms with Crippen LogP contribution in [0.15, 0.2) is 11.8 Å². The highest BCUT2D eigenvalue weighted by atomic mass is 16.5. The molecule has 1 aliphatic heterocycles. The lowest BCUT2D eigenvalue weighted by atomic mass is 9.95. The number of rotatable bonds is 4. The normalized spacial score (nSPS) is 46.3. The van der Waals surface area contributed by atoms with Crippen molar-refractivity contribution in [3.05, 3.63) is 11.8 Å². The summed E-state index contributed by atoms with van der Waals surface area (Å²) >= 11 is 0. The quantitative estimate of drug-likeness (QED) is 0.824. The van der Waals surface area contributed by atoms with Crippen LogP contribution in [-0.2, 0) is 4.74 Å². The predicted octanol–water partition coefficient (Wildman–Crippen LogP) is 2.95. The molecule has 2 nitrogen and oxygen atoms in total. The van der Waals surface area contributed by atoms with Crippen LogP contribution in [0.1, 0.15) is 39.0 Å². The van der Waals surface area contributed by atoms with Gasteiger partial charge in [0.15, 0.2) is 0 Å². The number of ether oxygens (including phenoxy) is 1. The van der Waals surface area contributed by atoms with Gasteiger partial charge in [0.2, 0.25) is 0 Å². The smallest absolute Gasteiger partial charge is 0.109 e. The second-order valence-corrected chi connectivity index (χ2v) is 6.70. The molecule has 0 amide bonds. The molecule has 18 heavy (non-hydrogen) atoms. The maximum absolute atomic E-state index is 5.95. The fraction of sp³-hybridized carbons (Fsp3) is 0.875. The van der Waals surface area contributed by atoms with E-state index < -0.39 is 0 Å². The van der Waals surface area contributed by atoms with Crippen molar-refractivity contribution < 1.29 is 4.74 Å². The molecule has 2 bridgehead atoms. The molecule has 3 fully saturated rings. The van der Waals surface area contributed by atoms with E-state index in [0.29, 0.717) is 6.04 Å². The van der Waals surface area contributed by atoms with Crippen molar-refractivity contribution in [2.24, 2.45) is 29.6 Å². The fourth-order valence-electron chi connectivity index (χ4n) is 5.28. The molecule has 3 saturated carbocycles. The molecule has 100 valence electrons. The van der Waals surface area contributed by atoms with Gasteiger partial charge in [0.1, 0.15) is 5.76 Å². The summed E-state index contributed by atoms with van der Waals surface area (Å²) < 4.78 is 5.95. The Labute approximate surface area is 110 Å². The van der Waals surface area contributed by atoms with Gasteiger partial charge in [-0.05, 0) is 74.3 Å². The molecule has 0 aromatic carbocycles. The number of allylic oxidation sites excluding steroid dienone is 1. The van der Waals surface area contributed by atoms with Crippen LogP contribution in [0.5, 0.6) is 0 Å². The topological polar surface area (TPSA) is 21.3 Å². The van der Waals surface area contributed by atoms with Crippen LogP contribution in [0.2, 0.25) is 0 Å². The summed E-state index contributed by atoms with van der Waals surface area (Å²) in [4.78, 5) is 0. The molecule has 0 aromatic rings. The summed E-state index contributed by atoms with van der Waals surface area (Å²) in [6, 6.07) is 0.536. The summed E-state index contributed by atoms with van der Waals surface area (Å²) in [5.74, 6) is 6.39. The third-order valence-electron chi connectivity index (χ3n) is 5.87. The predicted molar refractivity (Wildman–Crippen MR) is 72.0 cm³/mol. The highest BCUT2D eigenvalue weighted by Crippen LogP contribution is 2.70. The third-order valence-corrected chi connectivity index (χ3v) is 5.87. The molecule has 1 heterocycles. The molecule has 0 spiro atoms. The van der Waals surface area contributed by atoms with E-state index in [-0.39, 0.29) is 0 Å². The van der Waals surface area contributed by atoms with E-state index in [0.717, 1.165) is 42.7 Å². The molecule has 4 aliphatic rings. The molecule has 0 radical (unpaired) electrons. The van der Waals surface area contributed by atoms with Crippen LogP contribution in [0, 0.1) is 29.6 Å². The molecule has 3 aliphatic carbocycles. The van der Waals surface area contributed by atoms with Gasteiger partial charge in [-0.3, -0.25) is 0 Å². The van der Waals surface area contributed by atoms with E-state index in [1.165, 1.54) is 31.4 Å². The van der Waals surface area contributed by atoms with Crippen LogP contribution in [-0.4, -0.2) is 19.2 Å². The average Bonchev–Trinajstić information content (AvgIpc) is 2.83. The SMILES string of the molecule is CCNC(C1=CCCCO1)C1C2C3CCC(C3)C21. The Kier molecular flexibility index (Phi) is 2.68. The van der Waals surface area contributed by atoms with Crippen molar-refractivity contribution in [3.8, 4) is 0 Å². The van der Waals surface area contributed by atoms with Crippen molar-refractivity contribution in [3.63, 3.8) is 0 Å². The maximum Gasteiger partial charge on any atom is 0.109 e. The Bertz CT molecular complexity index is 348. The van der Waals surface area contributed by atoms with Gasteiger partial charge < -0.3 is 10.1 Å². The van der Waals surface area contributed by atoms with Gasteiger partial charge >= 0.3 is 0 Å². The van der Waals surface area contributed by atoms with Crippen molar-refractivity contribution in [2.45, 2.75) is 45.1 Å². The van der Waals surface area contributed by atoms with Gasteiger partial charge in [-0.2, -0.15) is 0 Å². The summed E-state index contributed by atoms with van der Waals surface area (Å²) in [5, 5.41) is 3.72. The monoisotopic (exact) mass is 247 g/mol. The lowest BCUT2D eigenvalue weighted by Crippen LogP contribution is -2.36. The standard InChI is InChI=1S/C16H25NO/c1-2-17-16(12-5-3-4-8-18-12)15-13-10-6-7-11(9-10)14(13)15/h5,10-11,13-17H,2-4,6-9H2,1H3. The van der Waals surface area contributed by atoms with Crippen LogP contribution in [0.3, 0.4) is 0 Å². The lowest BCUT2D eigenvalue weighted by Gasteiger charge is -2.26. The van der Waals surface area contributed by atoms with Gasteiger partial charge in [-0.15, -0.1) is 0 Å². The van der Waals surface area contributed by atoms with Gasteiger partial charge in [-0.1, -0.05) is 6.92 Å². The summed E-state index contributed by atoms with van der Waals surface area (Å²) in [5.41, 5.74) is 0. The van der Waals surface area contributed by atoms with E-state index in [2.05, 4.69) is 18.3 Å². The summed E-state index contributed by atoms with van der Waals surface area (Å²) in [6.45, 7) is 4.22. The molecule has 5 atom stereocenters. The first-order valence-electron chi connectivity index (χ1n) is 7.96. The molecular weight excluding hydrogens is 222 g/mol. The van der Waals surface area contributed by atoms with Gasteiger partial charge in [0.25, 0.3) is 0 Å². The minimum absolute atomic E-state index is 0.536. The molecule has 0 saturated heterocycles. The van der Waals surface area contributed by atoms with E-state index in [1.807, 2.05) is 0 Å². The van der Waals surface area contributed by atoms with E-state index in [9.17, 15) is 0 Å². The van der Waals surface area contributed by atoms with Crippen LogP contribution >= 0.6 is 0 Å². The Morgan fingerprint density at radius 3 is 2.72 bits per heavy atom. The second-order valence-electron chi connectivity index (χ2n) is 6.70. The highest BCUT2D eigenvalue weighted by molar-refractivity contribution is 5.22. The zero-order valence-corrected chi connectivity index (χ0v) is 11.4. The first kappa shape index (κ1) is 11.3. The molecule has 2 heteroatoms. The highest BCUT2D eigenvalue weighted by Gasteiger charge is 2.67. The molecule has 0 aromatic heterocycles. The Balaban J connectivity index is 1.52. The lowest BCUT2D eigenvalue weighted by molar-refractivity contribution is 0.156. The fourth-order valence-corrected chi connectivity index (χ4v) is 5.28. The first-order chi connectivity index (χ1) is 8.90. The van der Waals surface area contributed by atoms with Gasteiger partial charge in [0, 0.05) is 0 Å². The molecule has 4 rings (SSSR count). The van der Waals surface area contributed by atoms with Crippen molar-refractivity contribution in [1.29, 1.82) is 0 Å². The van der Waals surface area contributed by atoms with E-state index >= 15 is 0 Å². The first-order valence-corrected chi connectivity index (χ1v) is 7.96. The Morgan fingerprint density at radius 2 is 2.11 bits per heavy atom. The summed E-state index contributed by atoms with van der Waals surface area (Å²) in [6.07, 6.45) is 9.34. The van der Waals surface area contributed by atoms with Crippen LogP contribution < -0.4 is 5.32 Å². The number of fused-ring (bicyclic) bond motifs is 5. The zero-order valence-electron chi connectivity index (χ0n) is 11.4. The van der Waals surface area contributed by atoms with Crippen molar-refractivity contribution in [2.75, 3.05) is 13.2 Å². The minimum atomic E-state index is 0.536. The number of hydrogen-bond donors (Lipinski definition) is 1. The Morgan fingerprint density at radius 1 is 1.33 bits per heavy atom. The largest absolute Gasteiger partial charge is 0.497 e. The van der Waals surface area contributed by atoms with E-state index in [4.69, 9.17) is 4.74 Å². The third kappa shape index (κ3) is 1.57. The van der Waals surface area contributed by atoms with Crippen molar-refractivity contribution >= 4 is 0 Å².